The number of para-hydroxylation sites is 2. The van der Waals surface area contributed by atoms with Crippen LogP contribution in [0.15, 0.2) is 79.0 Å². The zero-order valence-corrected chi connectivity index (χ0v) is 20.5. The van der Waals surface area contributed by atoms with Crippen LogP contribution in [0.2, 0.25) is 0 Å². The fourth-order valence-corrected chi connectivity index (χ4v) is 3.65. The van der Waals surface area contributed by atoms with Crippen LogP contribution in [-0.4, -0.2) is 42.0 Å². The van der Waals surface area contributed by atoms with Gasteiger partial charge in [0, 0.05) is 11.8 Å². The summed E-state index contributed by atoms with van der Waals surface area (Å²) in [6.07, 6.45) is 0.556. The average molecular weight is 497 g/mol. The van der Waals surface area contributed by atoms with E-state index >= 15 is 0 Å². The summed E-state index contributed by atoms with van der Waals surface area (Å²) in [5.74, 6) is -0.341. The number of nitrogens with zero attached hydrogens (tertiary/aromatic N) is 3. The number of hydrogen-bond donors (Lipinski definition) is 1. The molecule has 0 aliphatic carbocycles. The minimum atomic E-state index is -1.15. The number of esters is 1. The Bertz CT molecular complexity index is 1470. The molecule has 3 aromatic carbocycles. The third-order valence-electron chi connectivity index (χ3n) is 5.58. The standard InChI is InChI=1S/C28H24N4O5/c1-18(27(33)30-23-12-8-7-9-20(23)16-29)37-28(34)26-22(17-32(31-26)21-10-5-4-6-11-21)19-13-14-24(35-2)25(15-19)36-3/h4-15,17-18H,1-3H3,(H,30,33). The zero-order chi connectivity index (χ0) is 26.4. The normalized spacial score (nSPS) is 11.2. The lowest BCUT2D eigenvalue weighted by Gasteiger charge is -2.14. The number of carbonyl (C=O) groups excluding carboxylic acids is 2. The van der Waals surface area contributed by atoms with Crippen molar-refractivity contribution in [1.82, 2.24) is 9.78 Å². The highest BCUT2D eigenvalue weighted by Crippen LogP contribution is 2.34. The largest absolute Gasteiger partial charge is 0.493 e. The monoisotopic (exact) mass is 496 g/mol. The molecule has 1 amide bonds. The van der Waals surface area contributed by atoms with Crippen molar-refractivity contribution in [2.75, 3.05) is 19.5 Å². The molecule has 0 bridgehead atoms. The Morgan fingerprint density at radius 2 is 1.68 bits per heavy atom. The quantitative estimate of drug-likeness (QED) is 0.354. The molecule has 4 rings (SSSR count). The second-order valence-corrected chi connectivity index (χ2v) is 7.94. The fraction of sp³-hybridized carbons (Fsp3) is 0.143. The van der Waals surface area contributed by atoms with Crippen molar-refractivity contribution in [3.05, 3.63) is 90.3 Å². The molecule has 1 N–H and O–H groups in total. The van der Waals surface area contributed by atoms with Gasteiger partial charge in [0.05, 0.1) is 31.2 Å². The Labute approximate surface area is 213 Å². The number of nitriles is 1. The summed E-state index contributed by atoms with van der Waals surface area (Å²) < 4.78 is 17.8. The molecule has 1 atom stereocenters. The fourth-order valence-electron chi connectivity index (χ4n) is 3.65. The lowest BCUT2D eigenvalue weighted by atomic mass is 10.1. The maximum Gasteiger partial charge on any atom is 0.360 e. The molecular weight excluding hydrogens is 472 g/mol. The van der Waals surface area contributed by atoms with Gasteiger partial charge in [-0.15, -0.1) is 0 Å². The van der Waals surface area contributed by atoms with Gasteiger partial charge in [0.15, 0.2) is 23.3 Å². The minimum Gasteiger partial charge on any atom is -0.493 e. The summed E-state index contributed by atoms with van der Waals surface area (Å²) in [4.78, 5) is 26.0. The van der Waals surface area contributed by atoms with Crippen LogP contribution < -0.4 is 14.8 Å². The van der Waals surface area contributed by atoms with Crippen molar-refractivity contribution >= 4 is 17.6 Å². The highest BCUT2D eigenvalue weighted by atomic mass is 16.5. The molecule has 9 nitrogen and oxygen atoms in total. The van der Waals surface area contributed by atoms with Crippen molar-refractivity contribution in [2.24, 2.45) is 0 Å². The molecule has 1 aromatic heterocycles. The van der Waals surface area contributed by atoms with E-state index in [0.717, 1.165) is 5.69 Å². The van der Waals surface area contributed by atoms with Crippen LogP contribution >= 0.6 is 0 Å². The first-order valence-corrected chi connectivity index (χ1v) is 11.3. The van der Waals surface area contributed by atoms with Crippen LogP contribution in [0.3, 0.4) is 0 Å². The Kier molecular flexibility index (Phi) is 7.50. The number of anilines is 1. The van der Waals surface area contributed by atoms with Gasteiger partial charge >= 0.3 is 5.97 Å². The maximum atomic E-state index is 13.3. The summed E-state index contributed by atoms with van der Waals surface area (Å²) in [5.41, 5.74) is 2.52. The third kappa shape index (κ3) is 5.44. The highest BCUT2D eigenvalue weighted by molar-refractivity contribution is 6.00. The summed E-state index contributed by atoms with van der Waals surface area (Å²) >= 11 is 0. The van der Waals surface area contributed by atoms with Gasteiger partial charge in [-0.1, -0.05) is 36.4 Å². The number of ether oxygens (including phenoxy) is 3. The maximum absolute atomic E-state index is 13.3. The Morgan fingerprint density at radius 3 is 2.38 bits per heavy atom. The number of rotatable bonds is 8. The van der Waals surface area contributed by atoms with Crippen molar-refractivity contribution < 1.29 is 23.8 Å². The second-order valence-electron chi connectivity index (χ2n) is 7.94. The third-order valence-corrected chi connectivity index (χ3v) is 5.58. The van der Waals surface area contributed by atoms with Crippen LogP contribution in [-0.2, 0) is 9.53 Å². The molecule has 0 saturated heterocycles. The molecule has 1 heterocycles. The SMILES string of the molecule is COc1ccc(-c2cn(-c3ccccc3)nc2C(=O)OC(C)C(=O)Nc2ccccc2C#N)cc1OC. The van der Waals surface area contributed by atoms with Gasteiger partial charge in [-0.3, -0.25) is 4.79 Å². The van der Waals surface area contributed by atoms with Gasteiger partial charge in [-0.25, -0.2) is 9.48 Å². The number of aromatic nitrogens is 2. The molecule has 0 fully saturated rings. The smallest absolute Gasteiger partial charge is 0.360 e. The number of methoxy groups -OCH3 is 2. The predicted octanol–water partition coefficient (Wildman–Crippen LogP) is 4.61. The van der Waals surface area contributed by atoms with E-state index in [1.54, 1.807) is 53.3 Å². The van der Waals surface area contributed by atoms with Crippen molar-refractivity contribution in [1.29, 1.82) is 5.26 Å². The molecule has 4 aromatic rings. The van der Waals surface area contributed by atoms with E-state index in [2.05, 4.69) is 10.4 Å². The molecule has 37 heavy (non-hydrogen) atoms. The summed E-state index contributed by atoms with van der Waals surface area (Å²) in [5, 5.41) is 16.4. The summed E-state index contributed by atoms with van der Waals surface area (Å²) in [6.45, 7) is 1.45. The van der Waals surface area contributed by atoms with Crippen LogP contribution in [0.1, 0.15) is 23.0 Å². The summed E-state index contributed by atoms with van der Waals surface area (Å²) in [7, 11) is 3.06. The van der Waals surface area contributed by atoms with Gasteiger partial charge in [-0.2, -0.15) is 10.4 Å². The highest BCUT2D eigenvalue weighted by Gasteiger charge is 2.26. The van der Waals surface area contributed by atoms with E-state index < -0.39 is 18.0 Å². The van der Waals surface area contributed by atoms with E-state index in [-0.39, 0.29) is 5.69 Å². The first kappa shape index (κ1) is 25.0. The lowest BCUT2D eigenvalue weighted by molar-refractivity contribution is -0.123. The molecule has 1 unspecified atom stereocenters. The van der Waals surface area contributed by atoms with Crippen molar-refractivity contribution in [2.45, 2.75) is 13.0 Å². The number of hydrogen-bond acceptors (Lipinski definition) is 7. The number of carbonyl (C=O) groups is 2. The Morgan fingerprint density at radius 1 is 0.973 bits per heavy atom. The number of benzene rings is 3. The van der Waals surface area contributed by atoms with Crippen LogP contribution in [0.25, 0.3) is 16.8 Å². The van der Waals surface area contributed by atoms with Crippen LogP contribution in [0, 0.1) is 11.3 Å². The van der Waals surface area contributed by atoms with Gasteiger partial charge in [0.2, 0.25) is 0 Å². The van der Waals surface area contributed by atoms with Crippen LogP contribution in [0.5, 0.6) is 11.5 Å². The molecule has 0 saturated carbocycles. The molecule has 0 radical (unpaired) electrons. The van der Waals surface area contributed by atoms with E-state index in [9.17, 15) is 14.9 Å². The molecule has 0 aliphatic rings. The van der Waals surface area contributed by atoms with Gasteiger partial charge in [-0.05, 0) is 48.9 Å². The first-order chi connectivity index (χ1) is 17.9. The minimum absolute atomic E-state index is 0.0214. The van der Waals surface area contributed by atoms with Gasteiger partial charge in [0.1, 0.15) is 6.07 Å². The molecule has 0 spiro atoms. The topological polar surface area (TPSA) is 115 Å². The molecular formula is C28H24N4O5. The molecule has 9 heteroatoms. The van der Waals surface area contributed by atoms with Crippen molar-refractivity contribution in [3.8, 4) is 34.4 Å². The lowest BCUT2D eigenvalue weighted by Crippen LogP contribution is -2.30. The first-order valence-electron chi connectivity index (χ1n) is 11.3. The summed E-state index contributed by atoms with van der Waals surface area (Å²) in [6, 6.07) is 23.1. The second kappa shape index (κ2) is 11.1. The van der Waals surface area contributed by atoms with E-state index in [1.165, 1.54) is 21.1 Å². The zero-order valence-electron chi connectivity index (χ0n) is 20.5. The average Bonchev–Trinajstić information content (AvgIpc) is 3.39. The number of amides is 1. The molecule has 0 aliphatic heterocycles. The Hall–Kier alpha value is -5.10. The number of nitrogens with one attached hydrogen (secondary N) is 1. The van der Waals surface area contributed by atoms with E-state index in [0.29, 0.717) is 33.9 Å². The molecule has 186 valence electrons. The predicted molar refractivity (Wildman–Crippen MR) is 137 cm³/mol. The van der Waals surface area contributed by atoms with Gasteiger partial charge < -0.3 is 19.5 Å². The van der Waals surface area contributed by atoms with E-state index in [4.69, 9.17) is 14.2 Å². The van der Waals surface area contributed by atoms with E-state index in [1.807, 2.05) is 36.4 Å². The van der Waals surface area contributed by atoms with Gasteiger partial charge in [0.25, 0.3) is 5.91 Å². The van der Waals surface area contributed by atoms with Crippen molar-refractivity contribution in [3.63, 3.8) is 0 Å². The Balaban J connectivity index is 1.65. The van der Waals surface area contributed by atoms with Crippen LogP contribution in [0.4, 0.5) is 5.69 Å².